The molecule has 0 aliphatic carbocycles. The van der Waals surface area contributed by atoms with Crippen LogP contribution in [0.3, 0.4) is 0 Å². The topological polar surface area (TPSA) is 58.6 Å². The summed E-state index contributed by atoms with van der Waals surface area (Å²) in [6.07, 6.45) is 3.35. The molecule has 1 fully saturated rings. The Morgan fingerprint density at radius 2 is 1.79 bits per heavy atom. The van der Waals surface area contributed by atoms with E-state index in [9.17, 15) is 12.8 Å². The highest BCUT2D eigenvalue weighted by molar-refractivity contribution is 7.89. The van der Waals surface area contributed by atoms with Crippen molar-refractivity contribution in [2.75, 3.05) is 31.6 Å². The highest BCUT2D eigenvalue weighted by Crippen LogP contribution is 2.34. The molecule has 5 nitrogen and oxygen atoms in total. The maximum atomic E-state index is 13.9. The van der Waals surface area contributed by atoms with Crippen LogP contribution >= 0.6 is 0 Å². The van der Waals surface area contributed by atoms with Crippen molar-refractivity contribution in [3.8, 4) is 5.75 Å². The minimum Gasteiger partial charge on any atom is -0.495 e. The molecule has 1 aliphatic rings. The van der Waals surface area contributed by atoms with Gasteiger partial charge in [-0.2, -0.15) is 0 Å². The van der Waals surface area contributed by atoms with E-state index in [4.69, 9.17) is 4.74 Å². The van der Waals surface area contributed by atoms with Gasteiger partial charge in [0.2, 0.25) is 10.0 Å². The van der Waals surface area contributed by atoms with E-state index >= 15 is 0 Å². The second-order valence-corrected chi connectivity index (χ2v) is 11.0. The number of benzene rings is 3. The summed E-state index contributed by atoms with van der Waals surface area (Å²) in [5.74, 6) is 0.365. The third-order valence-electron chi connectivity index (χ3n) is 6.43. The number of methoxy groups -OCH3 is 1. The molecule has 0 amide bonds. The predicted molar refractivity (Wildman–Crippen MR) is 131 cm³/mol. The van der Waals surface area contributed by atoms with Gasteiger partial charge in [-0.3, -0.25) is 0 Å². The van der Waals surface area contributed by atoms with E-state index in [1.54, 1.807) is 31.4 Å². The summed E-state index contributed by atoms with van der Waals surface area (Å²) in [7, 11) is -2.15. The van der Waals surface area contributed by atoms with Crippen LogP contribution < -0.4 is 14.4 Å². The Hall–Kier alpha value is -2.64. The number of halogens is 1. The Kier molecular flexibility index (Phi) is 6.64. The molecule has 1 saturated heterocycles. The van der Waals surface area contributed by atoms with E-state index < -0.39 is 15.4 Å². The average molecular weight is 471 g/mol. The largest absolute Gasteiger partial charge is 0.495 e. The van der Waals surface area contributed by atoms with Crippen molar-refractivity contribution in [3.63, 3.8) is 0 Å². The molecule has 0 aromatic heterocycles. The zero-order chi connectivity index (χ0) is 23.6. The molecule has 0 unspecified atom stereocenters. The maximum absolute atomic E-state index is 13.9. The van der Waals surface area contributed by atoms with Crippen LogP contribution in [0.2, 0.25) is 0 Å². The van der Waals surface area contributed by atoms with Gasteiger partial charge in [0.15, 0.2) is 0 Å². The molecule has 0 radical (unpaired) electrons. The first kappa shape index (κ1) is 23.5. The molecule has 33 heavy (non-hydrogen) atoms. The number of hydrogen-bond acceptors (Lipinski definition) is 4. The first-order valence-corrected chi connectivity index (χ1v) is 12.8. The Balaban J connectivity index is 1.60. The number of piperidine rings is 1. The summed E-state index contributed by atoms with van der Waals surface area (Å²) in [4.78, 5) is 2.40. The van der Waals surface area contributed by atoms with Gasteiger partial charge in [0.1, 0.15) is 11.6 Å². The average Bonchev–Trinajstić information content (AvgIpc) is 2.82. The second-order valence-electron chi connectivity index (χ2n) is 9.26. The number of anilines is 1. The third-order valence-corrected chi connectivity index (χ3v) is 7.83. The summed E-state index contributed by atoms with van der Waals surface area (Å²) in [5, 5.41) is 1.71. The number of rotatable bonds is 7. The molecule has 1 N–H and O–H groups in total. The zero-order valence-corrected chi connectivity index (χ0v) is 20.2. The molecule has 0 saturated carbocycles. The van der Waals surface area contributed by atoms with E-state index in [-0.39, 0.29) is 17.3 Å². The fraction of sp³-hybridized carbons (Fsp3) is 0.385. The fourth-order valence-corrected chi connectivity index (χ4v) is 5.74. The van der Waals surface area contributed by atoms with E-state index in [0.717, 1.165) is 48.0 Å². The van der Waals surface area contributed by atoms with E-state index in [0.29, 0.717) is 5.75 Å². The van der Waals surface area contributed by atoms with Gasteiger partial charge in [-0.1, -0.05) is 38.1 Å². The van der Waals surface area contributed by atoms with Crippen molar-refractivity contribution in [1.82, 2.24) is 4.72 Å². The summed E-state index contributed by atoms with van der Waals surface area (Å²) in [6, 6.07) is 15.5. The van der Waals surface area contributed by atoms with Gasteiger partial charge < -0.3 is 9.64 Å². The monoisotopic (exact) mass is 470 g/mol. The quantitative estimate of drug-likeness (QED) is 0.513. The van der Waals surface area contributed by atoms with Crippen LogP contribution in [0.25, 0.3) is 10.8 Å². The lowest BCUT2D eigenvalue weighted by Gasteiger charge is -2.30. The molecule has 1 heterocycles. The molecular formula is C26H31FN2O3S. The first-order valence-electron chi connectivity index (χ1n) is 11.3. The van der Waals surface area contributed by atoms with E-state index in [1.807, 2.05) is 32.0 Å². The summed E-state index contributed by atoms with van der Waals surface area (Å²) in [6.45, 7) is 5.87. The molecule has 4 rings (SSSR count). The standard InChI is InChI=1S/C26H31FN2O3S/c1-26(2,23-9-7-8-19-10-11-20(27)16-22(19)23)18-28-33(30,31)21-12-13-25(32-3)24(17-21)29-14-5-4-6-15-29/h7-13,16-17,28H,4-6,14-15,18H2,1-3H3. The predicted octanol–water partition coefficient (Wildman–Crippen LogP) is 5.23. The second kappa shape index (κ2) is 9.31. The Morgan fingerprint density at radius 3 is 2.52 bits per heavy atom. The van der Waals surface area contributed by atoms with Gasteiger partial charge in [0, 0.05) is 25.0 Å². The summed E-state index contributed by atoms with van der Waals surface area (Å²) in [5.41, 5.74) is 1.15. The van der Waals surface area contributed by atoms with Crippen LogP contribution in [0.15, 0.2) is 59.5 Å². The van der Waals surface area contributed by atoms with Crippen LogP contribution in [0.1, 0.15) is 38.7 Å². The van der Waals surface area contributed by atoms with Gasteiger partial charge in [-0.15, -0.1) is 0 Å². The maximum Gasteiger partial charge on any atom is 0.240 e. The number of sulfonamides is 1. The lowest BCUT2D eigenvalue weighted by Crippen LogP contribution is -2.37. The summed E-state index contributed by atoms with van der Waals surface area (Å²) >= 11 is 0. The molecule has 176 valence electrons. The molecule has 0 bridgehead atoms. The van der Waals surface area contributed by atoms with Gasteiger partial charge in [0.25, 0.3) is 0 Å². The van der Waals surface area contributed by atoms with Crippen LogP contribution in [0, 0.1) is 5.82 Å². The molecule has 3 aromatic rings. The van der Waals surface area contributed by atoms with Crippen LogP contribution in [-0.2, 0) is 15.4 Å². The van der Waals surface area contributed by atoms with Gasteiger partial charge in [-0.25, -0.2) is 17.5 Å². The number of hydrogen-bond donors (Lipinski definition) is 1. The van der Waals surface area contributed by atoms with Crippen LogP contribution in [0.4, 0.5) is 10.1 Å². The highest BCUT2D eigenvalue weighted by atomic mass is 32.2. The van der Waals surface area contributed by atoms with E-state index in [2.05, 4.69) is 9.62 Å². The third kappa shape index (κ3) is 4.99. The number of nitrogens with zero attached hydrogens (tertiary/aromatic N) is 1. The van der Waals surface area contributed by atoms with Crippen LogP contribution in [0.5, 0.6) is 5.75 Å². The number of nitrogens with one attached hydrogen (secondary N) is 1. The molecular weight excluding hydrogens is 439 g/mol. The molecule has 1 aliphatic heterocycles. The normalized spacial score (nSPS) is 15.1. The van der Waals surface area contributed by atoms with Gasteiger partial charge in [-0.05, 0) is 65.9 Å². The lowest BCUT2D eigenvalue weighted by atomic mass is 9.82. The van der Waals surface area contributed by atoms with Gasteiger partial charge in [0.05, 0.1) is 17.7 Å². The molecule has 0 atom stereocenters. The molecule has 0 spiro atoms. The van der Waals surface area contributed by atoms with Gasteiger partial charge >= 0.3 is 0 Å². The van der Waals surface area contributed by atoms with Crippen molar-refractivity contribution >= 4 is 26.5 Å². The molecule has 3 aromatic carbocycles. The zero-order valence-electron chi connectivity index (χ0n) is 19.4. The fourth-order valence-electron chi connectivity index (χ4n) is 4.51. The van der Waals surface area contributed by atoms with Crippen molar-refractivity contribution in [2.24, 2.45) is 0 Å². The Bertz CT molecular complexity index is 1250. The van der Waals surface area contributed by atoms with E-state index in [1.165, 1.54) is 18.6 Å². The van der Waals surface area contributed by atoms with Crippen molar-refractivity contribution in [3.05, 3.63) is 66.0 Å². The van der Waals surface area contributed by atoms with Crippen LogP contribution in [-0.4, -0.2) is 35.2 Å². The number of fused-ring (bicyclic) bond motifs is 1. The number of ether oxygens (including phenoxy) is 1. The van der Waals surface area contributed by atoms with Crippen molar-refractivity contribution in [2.45, 2.75) is 43.4 Å². The lowest BCUT2D eigenvalue weighted by molar-refractivity contribution is 0.412. The SMILES string of the molecule is COc1ccc(S(=O)(=O)NCC(C)(C)c2cccc3ccc(F)cc23)cc1N1CCCCC1. The minimum absolute atomic E-state index is 0.177. The summed E-state index contributed by atoms with van der Waals surface area (Å²) < 4.78 is 48.7. The highest BCUT2D eigenvalue weighted by Gasteiger charge is 2.27. The van der Waals surface area contributed by atoms with Crippen molar-refractivity contribution in [1.29, 1.82) is 0 Å². The smallest absolute Gasteiger partial charge is 0.240 e. The first-order chi connectivity index (χ1) is 15.7. The minimum atomic E-state index is -3.76. The Morgan fingerprint density at radius 1 is 1.03 bits per heavy atom. The Labute approximate surface area is 195 Å². The van der Waals surface area contributed by atoms with Crippen molar-refractivity contribution < 1.29 is 17.5 Å². The molecule has 7 heteroatoms.